The molecule has 3 aromatic rings. The number of aromatic nitrogens is 4. The second-order valence-corrected chi connectivity index (χ2v) is 7.34. The van der Waals surface area contributed by atoms with Gasteiger partial charge in [-0.3, -0.25) is 5.10 Å². The van der Waals surface area contributed by atoms with Crippen molar-refractivity contribution in [3.63, 3.8) is 0 Å². The zero-order valence-electron chi connectivity index (χ0n) is 17.1. The fourth-order valence-electron chi connectivity index (χ4n) is 3.68. The number of aromatic amines is 1. The van der Waals surface area contributed by atoms with E-state index in [1.807, 2.05) is 18.2 Å². The summed E-state index contributed by atoms with van der Waals surface area (Å²) in [4.78, 5) is 11.6. The van der Waals surface area contributed by atoms with E-state index in [1.54, 1.807) is 7.11 Å². The molecule has 0 saturated carbocycles. The number of likely N-dealkylation sites (tertiary alicyclic amines) is 1. The Kier molecular flexibility index (Phi) is 5.80. The van der Waals surface area contributed by atoms with Gasteiger partial charge in [0.05, 0.1) is 19.2 Å². The van der Waals surface area contributed by atoms with Gasteiger partial charge in [-0.2, -0.15) is 5.10 Å². The van der Waals surface area contributed by atoms with Gasteiger partial charge < -0.3 is 20.1 Å². The lowest BCUT2D eigenvalue weighted by Gasteiger charge is -2.16. The number of benzene rings is 1. The van der Waals surface area contributed by atoms with Crippen molar-refractivity contribution in [2.45, 2.75) is 32.6 Å². The number of hydrogen-bond acceptors (Lipinski definition) is 7. The molecule has 8 nitrogen and oxygen atoms in total. The standard InChI is InChI=1S/C21H28N6O2/c1-3-14-11-17(26-25-14)21-23-16-13-19(18(28-2)12-15(16)20(22)24-21)29-10-6-9-27-7-4-5-8-27/h11-13H,3-10H2,1-2H3,(H,25,26)(H2,22,23,24). The molecule has 0 radical (unpaired) electrons. The van der Waals surface area contributed by atoms with Crippen LogP contribution in [-0.2, 0) is 6.42 Å². The highest BCUT2D eigenvalue weighted by Crippen LogP contribution is 2.34. The van der Waals surface area contributed by atoms with Crippen LogP contribution in [0.5, 0.6) is 11.5 Å². The van der Waals surface area contributed by atoms with Crippen molar-refractivity contribution >= 4 is 16.7 Å². The number of anilines is 1. The molecule has 0 bridgehead atoms. The van der Waals surface area contributed by atoms with Crippen molar-refractivity contribution in [1.82, 2.24) is 25.1 Å². The third-order valence-corrected chi connectivity index (χ3v) is 5.33. The van der Waals surface area contributed by atoms with Crippen LogP contribution in [0, 0.1) is 0 Å². The van der Waals surface area contributed by atoms with Crippen molar-refractivity contribution in [2.24, 2.45) is 0 Å². The summed E-state index contributed by atoms with van der Waals surface area (Å²) in [6.45, 7) is 6.15. The number of hydrogen-bond donors (Lipinski definition) is 2. The Morgan fingerprint density at radius 1 is 1.14 bits per heavy atom. The van der Waals surface area contributed by atoms with Gasteiger partial charge in [0.25, 0.3) is 0 Å². The summed E-state index contributed by atoms with van der Waals surface area (Å²) < 4.78 is 11.5. The zero-order valence-corrected chi connectivity index (χ0v) is 17.1. The number of ether oxygens (including phenoxy) is 2. The number of fused-ring (bicyclic) bond motifs is 1. The number of nitrogens with one attached hydrogen (secondary N) is 1. The van der Waals surface area contributed by atoms with Gasteiger partial charge in [-0.1, -0.05) is 6.92 Å². The molecule has 2 aromatic heterocycles. The maximum atomic E-state index is 6.21. The largest absolute Gasteiger partial charge is 0.493 e. The van der Waals surface area contributed by atoms with Crippen molar-refractivity contribution in [2.75, 3.05) is 39.1 Å². The van der Waals surface area contributed by atoms with Gasteiger partial charge in [0.1, 0.15) is 11.5 Å². The minimum atomic E-state index is 0.393. The highest BCUT2D eigenvalue weighted by atomic mass is 16.5. The number of rotatable bonds is 8. The van der Waals surface area contributed by atoms with Crippen LogP contribution in [0.2, 0.25) is 0 Å². The van der Waals surface area contributed by atoms with Crippen molar-refractivity contribution in [3.8, 4) is 23.0 Å². The summed E-state index contributed by atoms with van der Waals surface area (Å²) in [7, 11) is 1.62. The molecule has 0 atom stereocenters. The smallest absolute Gasteiger partial charge is 0.182 e. The molecule has 1 aliphatic heterocycles. The van der Waals surface area contributed by atoms with Crippen LogP contribution in [0.15, 0.2) is 18.2 Å². The maximum Gasteiger partial charge on any atom is 0.182 e. The number of nitrogens with zero attached hydrogens (tertiary/aromatic N) is 4. The highest BCUT2D eigenvalue weighted by molar-refractivity contribution is 5.92. The van der Waals surface area contributed by atoms with E-state index in [-0.39, 0.29) is 0 Å². The molecule has 1 aromatic carbocycles. The Labute approximate surface area is 170 Å². The van der Waals surface area contributed by atoms with Crippen LogP contribution in [0.1, 0.15) is 31.9 Å². The molecule has 154 valence electrons. The lowest BCUT2D eigenvalue weighted by atomic mass is 10.2. The fraction of sp³-hybridized carbons (Fsp3) is 0.476. The average molecular weight is 396 g/mol. The molecule has 3 N–H and O–H groups in total. The van der Waals surface area contributed by atoms with Gasteiger partial charge in [0.2, 0.25) is 0 Å². The van der Waals surface area contributed by atoms with Crippen LogP contribution < -0.4 is 15.2 Å². The van der Waals surface area contributed by atoms with Crippen LogP contribution >= 0.6 is 0 Å². The first kappa shape index (κ1) is 19.4. The van der Waals surface area contributed by atoms with Gasteiger partial charge >= 0.3 is 0 Å². The van der Waals surface area contributed by atoms with E-state index < -0.39 is 0 Å². The quantitative estimate of drug-likeness (QED) is 0.564. The first-order valence-corrected chi connectivity index (χ1v) is 10.2. The fourth-order valence-corrected chi connectivity index (χ4v) is 3.68. The number of methoxy groups -OCH3 is 1. The molecule has 3 heterocycles. The Bertz CT molecular complexity index is 981. The van der Waals surface area contributed by atoms with Crippen LogP contribution in [0.3, 0.4) is 0 Å². The summed E-state index contributed by atoms with van der Waals surface area (Å²) in [6.07, 6.45) is 4.45. The first-order valence-electron chi connectivity index (χ1n) is 10.2. The predicted octanol–water partition coefficient (Wildman–Crippen LogP) is 3.04. The first-order chi connectivity index (χ1) is 14.2. The van der Waals surface area contributed by atoms with E-state index >= 15 is 0 Å². The molecule has 29 heavy (non-hydrogen) atoms. The van der Waals surface area contributed by atoms with Crippen molar-refractivity contribution in [3.05, 3.63) is 23.9 Å². The number of nitrogen functional groups attached to an aromatic ring is 1. The predicted molar refractivity (Wildman–Crippen MR) is 113 cm³/mol. The normalized spacial score (nSPS) is 14.6. The molecule has 1 saturated heterocycles. The zero-order chi connectivity index (χ0) is 20.2. The Hall–Kier alpha value is -2.87. The van der Waals surface area contributed by atoms with Gasteiger partial charge in [0, 0.05) is 23.7 Å². The number of aryl methyl sites for hydroxylation is 1. The Balaban J connectivity index is 1.56. The van der Waals surface area contributed by atoms with Crippen molar-refractivity contribution < 1.29 is 9.47 Å². The van der Waals surface area contributed by atoms with E-state index in [2.05, 4.69) is 32.0 Å². The van der Waals surface area contributed by atoms with Crippen LogP contribution in [0.4, 0.5) is 5.82 Å². The molecule has 0 unspecified atom stereocenters. The molecule has 1 aliphatic rings. The summed E-state index contributed by atoms with van der Waals surface area (Å²) >= 11 is 0. The molecule has 8 heteroatoms. The highest BCUT2D eigenvalue weighted by Gasteiger charge is 2.15. The minimum absolute atomic E-state index is 0.393. The SMILES string of the molecule is CCc1cc(-c2nc(N)c3cc(OC)c(OCCCN4CCCC4)cc3n2)n[nH]1. The Morgan fingerprint density at radius 3 is 2.69 bits per heavy atom. The topological polar surface area (TPSA) is 102 Å². The number of H-pyrrole nitrogens is 1. The van der Waals surface area contributed by atoms with E-state index in [1.165, 1.54) is 25.9 Å². The van der Waals surface area contributed by atoms with Crippen LogP contribution in [0.25, 0.3) is 22.4 Å². The van der Waals surface area contributed by atoms with E-state index in [0.717, 1.165) is 30.5 Å². The molecule has 0 amide bonds. The minimum Gasteiger partial charge on any atom is -0.493 e. The third-order valence-electron chi connectivity index (χ3n) is 5.33. The molecular weight excluding hydrogens is 368 g/mol. The Morgan fingerprint density at radius 2 is 1.97 bits per heavy atom. The molecule has 0 spiro atoms. The average Bonchev–Trinajstić information content (AvgIpc) is 3.42. The summed E-state index contributed by atoms with van der Waals surface area (Å²) in [5, 5.41) is 8.02. The van der Waals surface area contributed by atoms with Gasteiger partial charge in [-0.25, -0.2) is 9.97 Å². The lowest BCUT2D eigenvalue weighted by Crippen LogP contribution is -2.21. The maximum absolute atomic E-state index is 6.21. The summed E-state index contributed by atoms with van der Waals surface area (Å²) in [6, 6.07) is 5.66. The number of nitrogens with two attached hydrogens (primary N) is 1. The van der Waals surface area contributed by atoms with Gasteiger partial charge in [-0.05, 0) is 50.9 Å². The molecular formula is C21H28N6O2. The lowest BCUT2D eigenvalue weighted by molar-refractivity contribution is 0.254. The van der Waals surface area contributed by atoms with E-state index in [4.69, 9.17) is 15.2 Å². The van der Waals surface area contributed by atoms with E-state index in [0.29, 0.717) is 41.0 Å². The van der Waals surface area contributed by atoms with Gasteiger partial charge in [-0.15, -0.1) is 0 Å². The second kappa shape index (κ2) is 8.65. The monoisotopic (exact) mass is 396 g/mol. The van der Waals surface area contributed by atoms with Crippen LogP contribution in [-0.4, -0.2) is 58.4 Å². The molecule has 4 rings (SSSR count). The summed E-state index contributed by atoms with van der Waals surface area (Å²) in [5.41, 5.74) is 8.63. The molecule has 0 aliphatic carbocycles. The summed E-state index contributed by atoms with van der Waals surface area (Å²) in [5.74, 6) is 2.19. The second-order valence-electron chi connectivity index (χ2n) is 7.34. The third kappa shape index (κ3) is 4.27. The van der Waals surface area contributed by atoms with Gasteiger partial charge in [0.15, 0.2) is 17.3 Å². The van der Waals surface area contributed by atoms with E-state index in [9.17, 15) is 0 Å². The van der Waals surface area contributed by atoms with Crippen molar-refractivity contribution in [1.29, 1.82) is 0 Å². The molecule has 1 fully saturated rings.